The van der Waals surface area contributed by atoms with E-state index in [1.807, 2.05) is 30.3 Å². The molecule has 2 nitrogen and oxygen atoms in total. The van der Waals surface area contributed by atoms with E-state index < -0.39 is 0 Å². The first-order valence-corrected chi connectivity index (χ1v) is 4.72. The van der Waals surface area contributed by atoms with Crippen LogP contribution in [0.2, 0.25) is 0 Å². The lowest BCUT2D eigenvalue weighted by atomic mass is 10.1. The van der Waals surface area contributed by atoms with Crippen LogP contribution in [-0.4, -0.2) is 0 Å². The highest BCUT2D eigenvalue weighted by atomic mass is 16.1. The molecular weight excluding hydrogens is 186 g/mol. The summed E-state index contributed by atoms with van der Waals surface area (Å²) in [4.78, 5) is 11.1. The van der Waals surface area contributed by atoms with E-state index in [-0.39, 0.29) is 5.43 Å². The van der Waals surface area contributed by atoms with Crippen LogP contribution in [0.1, 0.15) is 0 Å². The van der Waals surface area contributed by atoms with Gasteiger partial charge >= 0.3 is 0 Å². The van der Waals surface area contributed by atoms with Crippen LogP contribution in [0.25, 0.3) is 11.1 Å². The summed E-state index contributed by atoms with van der Waals surface area (Å²) in [7, 11) is 0. The molecule has 0 amide bonds. The van der Waals surface area contributed by atoms with Crippen LogP contribution >= 0.6 is 0 Å². The maximum Gasteiger partial charge on any atom is 0.178 e. The van der Waals surface area contributed by atoms with Gasteiger partial charge in [0, 0.05) is 11.3 Å². The van der Waals surface area contributed by atoms with Crippen LogP contribution in [-0.2, 0) is 0 Å². The molecule has 0 fully saturated rings. The largest absolute Gasteiger partial charge is 0.398 e. The van der Waals surface area contributed by atoms with Crippen molar-refractivity contribution in [2.75, 3.05) is 5.73 Å². The Bertz CT molecular complexity index is 535. The lowest BCUT2D eigenvalue weighted by Gasteiger charge is -2.02. The lowest BCUT2D eigenvalue weighted by Crippen LogP contribution is -1.89. The highest BCUT2D eigenvalue weighted by molar-refractivity contribution is 5.75. The van der Waals surface area contributed by atoms with Crippen molar-refractivity contribution in [2.24, 2.45) is 0 Å². The maximum absolute atomic E-state index is 11.1. The van der Waals surface area contributed by atoms with Gasteiger partial charge in [-0.1, -0.05) is 36.4 Å². The molecule has 0 saturated heterocycles. The predicted molar refractivity (Wildman–Crippen MR) is 62.6 cm³/mol. The van der Waals surface area contributed by atoms with Crippen molar-refractivity contribution in [1.29, 1.82) is 0 Å². The molecule has 0 unspecified atom stereocenters. The Hall–Kier alpha value is -2.09. The number of anilines is 1. The third-order valence-corrected chi connectivity index (χ3v) is 2.24. The van der Waals surface area contributed by atoms with E-state index in [0.29, 0.717) is 0 Å². The third kappa shape index (κ3) is 2.05. The summed E-state index contributed by atoms with van der Waals surface area (Å²) in [5.74, 6) is 0. The molecule has 2 aromatic carbocycles. The maximum atomic E-state index is 11.1. The second-order valence-electron chi connectivity index (χ2n) is 3.30. The summed E-state index contributed by atoms with van der Waals surface area (Å²) in [5, 5.41) is 0. The average Bonchev–Trinajstić information content (AvgIpc) is 2.44. The molecule has 0 heterocycles. The molecule has 0 spiro atoms. The molecule has 2 heteroatoms. The van der Waals surface area contributed by atoms with Crippen molar-refractivity contribution >= 4 is 5.69 Å². The minimum absolute atomic E-state index is 0.00393. The molecular formula is C13H11NO. The van der Waals surface area contributed by atoms with E-state index in [2.05, 4.69) is 0 Å². The summed E-state index contributed by atoms with van der Waals surface area (Å²) >= 11 is 0. The van der Waals surface area contributed by atoms with Crippen molar-refractivity contribution in [3.05, 3.63) is 64.8 Å². The Morgan fingerprint density at radius 3 is 2.40 bits per heavy atom. The predicted octanol–water partition coefficient (Wildman–Crippen LogP) is 2.30. The Morgan fingerprint density at radius 1 is 0.800 bits per heavy atom. The van der Waals surface area contributed by atoms with Gasteiger partial charge in [0.2, 0.25) is 0 Å². The lowest BCUT2D eigenvalue weighted by molar-refractivity contribution is 1.63. The van der Waals surface area contributed by atoms with E-state index in [4.69, 9.17) is 5.73 Å². The second kappa shape index (κ2) is 3.96. The van der Waals surface area contributed by atoms with Crippen molar-refractivity contribution in [2.45, 2.75) is 0 Å². The first-order chi connectivity index (χ1) is 7.27. The minimum atomic E-state index is -0.00393. The van der Waals surface area contributed by atoms with Gasteiger partial charge in [-0.05, 0) is 23.8 Å². The molecule has 0 aromatic heterocycles. The third-order valence-electron chi connectivity index (χ3n) is 2.24. The number of para-hydroxylation sites is 1. The molecule has 0 aliphatic heterocycles. The van der Waals surface area contributed by atoms with Gasteiger partial charge in [0.1, 0.15) is 0 Å². The van der Waals surface area contributed by atoms with Crippen molar-refractivity contribution < 1.29 is 0 Å². The van der Waals surface area contributed by atoms with Gasteiger partial charge in [-0.2, -0.15) is 0 Å². The van der Waals surface area contributed by atoms with Crippen molar-refractivity contribution in [3.8, 4) is 11.1 Å². The van der Waals surface area contributed by atoms with Gasteiger partial charge in [-0.15, -0.1) is 0 Å². The monoisotopic (exact) mass is 197 g/mol. The quantitative estimate of drug-likeness (QED) is 0.713. The summed E-state index contributed by atoms with van der Waals surface area (Å²) in [6.45, 7) is 0. The van der Waals surface area contributed by atoms with Crippen LogP contribution in [0.3, 0.4) is 0 Å². The number of rotatable bonds is 1. The fraction of sp³-hybridized carbons (Fsp3) is 0. The van der Waals surface area contributed by atoms with Gasteiger partial charge in [0.15, 0.2) is 5.43 Å². The van der Waals surface area contributed by atoms with Crippen LogP contribution in [0.15, 0.2) is 59.4 Å². The average molecular weight is 197 g/mol. The van der Waals surface area contributed by atoms with Crippen LogP contribution in [0.4, 0.5) is 5.69 Å². The normalized spacial score (nSPS) is 9.87. The van der Waals surface area contributed by atoms with Crippen LogP contribution < -0.4 is 11.2 Å². The van der Waals surface area contributed by atoms with E-state index in [0.717, 1.165) is 16.8 Å². The van der Waals surface area contributed by atoms with E-state index in [1.54, 1.807) is 18.2 Å². The number of benzene rings is 1. The molecule has 0 saturated carbocycles. The Balaban J connectivity index is 2.61. The van der Waals surface area contributed by atoms with Crippen molar-refractivity contribution in [1.82, 2.24) is 0 Å². The fourth-order valence-corrected chi connectivity index (χ4v) is 1.47. The fourth-order valence-electron chi connectivity index (χ4n) is 1.47. The van der Waals surface area contributed by atoms with E-state index in [1.165, 1.54) is 6.07 Å². The van der Waals surface area contributed by atoms with Crippen LogP contribution in [0.5, 0.6) is 0 Å². The molecule has 2 aromatic rings. The standard InChI is InChI=1S/C13H11NO/c14-13-7-2-1-6-12(13)10-4-3-5-11(15)9-8-10/h1-9H,14H2. The Kier molecular flexibility index (Phi) is 2.50. The molecule has 2 N–H and O–H groups in total. The van der Waals surface area contributed by atoms with Crippen molar-refractivity contribution in [3.63, 3.8) is 0 Å². The van der Waals surface area contributed by atoms with E-state index in [9.17, 15) is 4.79 Å². The molecule has 74 valence electrons. The molecule has 0 atom stereocenters. The number of nitrogen functional groups attached to an aromatic ring is 1. The van der Waals surface area contributed by atoms with Gasteiger partial charge in [-0.25, -0.2) is 0 Å². The molecule has 15 heavy (non-hydrogen) atoms. The molecule has 0 radical (unpaired) electrons. The Morgan fingerprint density at radius 2 is 1.60 bits per heavy atom. The zero-order chi connectivity index (χ0) is 10.7. The minimum Gasteiger partial charge on any atom is -0.398 e. The van der Waals surface area contributed by atoms with Crippen LogP contribution in [0, 0.1) is 0 Å². The first-order valence-electron chi connectivity index (χ1n) is 4.72. The van der Waals surface area contributed by atoms with Gasteiger partial charge in [-0.3, -0.25) is 4.79 Å². The zero-order valence-corrected chi connectivity index (χ0v) is 8.18. The second-order valence-corrected chi connectivity index (χ2v) is 3.30. The number of hydrogen-bond acceptors (Lipinski definition) is 2. The highest BCUT2D eigenvalue weighted by Crippen LogP contribution is 2.23. The number of hydrogen-bond donors (Lipinski definition) is 1. The Labute approximate surface area is 88.0 Å². The van der Waals surface area contributed by atoms with Gasteiger partial charge in [0.25, 0.3) is 0 Å². The molecule has 0 aliphatic rings. The molecule has 0 bridgehead atoms. The van der Waals surface area contributed by atoms with E-state index >= 15 is 0 Å². The van der Waals surface area contributed by atoms with Gasteiger partial charge in [0.05, 0.1) is 0 Å². The summed E-state index contributed by atoms with van der Waals surface area (Å²) in [6.07, 6.45) is 0. The number of nitrogens with two attached hydrogens (primary N) is 1. The summed E-state index contributed by atoms with van der Waals surface area (Å²) in [6, 6.07) is 16.1. The SMILES string of the molecule is Nc1ccccc1-c1cccc(=O)cc1. The first kappa shape index (κ1) is 9.46. The van der Waals surface area contributed by atoms with Gasteiger partial charge < -0.3 is 5.73 Å². The topological polar surface area (TPSA) is 43.1 Å². The summed E-state index contributed by atoms with van der Waals surface area (Å²) < 4.78 is 0. The highest BCUT2D eigenvalue weighted by Gasteiger charge is 1.98. The summed E-state index contributed by atoms with van der Waals surface area (Å²) in [5.41, 5.74) is 8.47. The zero-order valence-electron chi connectivity index (χ0n) is 8.18. The smallest absolute Gasteiger partial charge is 0.178 e. The molecule has 0 aliphatic carbocycles. The molecule has 2 rings (SSSR count).